The third-order valence-corrected chi connectivity index (χ3v) is 4.13. The summed E-state index contributed by atoms with van der Waals surface area (Å²) in [6.45, 7) is 2.09. The van der Waals surface area contributed by atoms with Crippen molar-refractivity contribution in [3.8, 4) is 0 Å². The summed E-state index contributed by atoms with van der Waals surface area (Å²) in [5.41, 5.74) is 4.37. The van der Waals surface area contributed by atoms with Crippen LogP contribution in [-0.4, -0.2) is 5.78 Å². The summed E-state index contributed by atoms with van der Waals surface area (Å²) in [6, 6.07) is 28.3. The van der Waals surface area contributed by atoms with E-state index in [1.807, 2.05) is 48.5 Å². The van der Waals surface area contributed by atoms with Crippen LogP contribution in [0.2, 0.25) is 0 Å². The topological polar surface area (TPSA) is 17.1 Å². The lowest BCUT2D eigenvalue weighted by atomic mass is 9.85. The molecule has 0 aliphatic carbocycles. The van der Waals surface area contributed by atoms with E-state index in [0.717, 1.165) is 5.56 Å². The number of benzene rings is 3. The van der Waals surface area contributed by atoms with Gasteiger partial charge >= 0.3 is 0 Å². The highest BCUT2D eigenvalue weighted by molar-refractivity contribution is 5.96. The number of hydrogen-bond acceptors (Lipinski definition) is 1. The number of rotatable bonds is 5. The van der Waals surface area contributed by atoms with Gasteiger partial charge in [0, 0.05) is 17.9 Å². The SMILES string of the molecule is Cc1cccc(C(CC(=O)c2ccccc2)c2ccccc2)c1. The smallest absolute Gasteiger partial charge is 0.163 e. The van der Waals surface area contributed by atoms with Gasteiger partial charge in [-0.1, -0.05) is 90.5 Å². The van der Waals surface area contributed by atoms with Crippen molar-refractivity contribution in [2.75, 3.05) is 0 Å². The molecule has 0 saturated heterocycles. The fourth-order valence-electron chi connectivity index (χ4n) is 2.93. The first-order valence-electron chi connectivity index (χ1n) is 7.94. The number of ketones is 1. The lowest BCUT2D eigenvalue weighted by molar-refractivity contribution is 0.0977. The van der Waals surface area contributed by atoms with E-state index in [-0.39, 0.29) is 11.7 Å². The van der Waals surface area contributed by atoms with E-state index >= 15 is 0 Å². The Hall–Kier alpha value is -2.67. The quantitative estimate of drug-likeness (QED) is 0.577. The van der Waals surface area contributed by atoms with E-state index in [9.17, 15) is 4.79 Å². The van der Waals surface area contributed by atoms with Crippen LogP contribution in [0, 0.1) is 6.92 Å². The third-order valence-electron chi connectivity index (χ3n) is 4.13. The van der Waals surface area contributed by atoms with Gasteiger partial charge in [-0.2, -0.15) is 0 Å². The summed E-state index contributed by atoms with van der Waals surface area (Å²) in [5.74, 6) is 0.268. The zero-order chi connectivity index (χ0) is 16.1. The summed E-state index contributed by atoms with van der Waals surface area (Å²) in [5, 5.41) is 0. The Morgan fingerprint density at radius 3 is 2.04 bits per heavy atom. The molecule has 0 heterocycles. The van der Waals surface area contributed by atoms with Gasteiger partial charge in [-0.3, -0.25) is 4.79 Å². The second-order valence-corrected chi connectivity index (χ2v) is 5.87. The number of carbonyl (C=O) groups is 1. The van der Waals surface area contributed by atoms with Crippen molar-refractivity contribution in [2.24, 2.45) is 0 Å². The lowest BCUT2D eigenvalue weighted by Gasteiger charge is -2.18. The van der Waals surface area contributed by atoms with Gasteiger partial charge in [0.2, 0.25) is 0 Å². The van der Waals surface area contributed by atoms with Crippen LogP contribution in [0.5, 0.6) is 0 Å². The number of aryl methyl sites for hydroxylation is 1. The molecule has 3 aromatic carbocycles. The van der Waals surface area contributed by atoms with E-state index in [0.29, 0.717) is 6.42 Å². The first-order valence-corrected chi connectivity index (χ1v) is 7.94. The van der Waals surface area contributed by atoms with Crippen LogP contribution in [0.3, 0.4) is 0 Å². The Bertz CT molecular complexity index is 775. The molecule has 0 bridgehead atoms. The number of carbonyl (C=O) groups excluding carboxylic acids is 1. The van der Waals surface area contributed by atoms with Crippen LogP contribution >= 0.6 is 0 Å². The zero-order valence-corrected chi connectivity index (χ0v) is 13.3. The highest BCUT2D eigenvalue weighted by Crippen LogP contribution is 2.29. The number of hydrogen-bond donors (Lipinski definition) is 0. The van der Waals surface area contributed by atoms with Gasteiger partial charge in [0.15, 0.2) is 5.78 Å². The molecule has 114 valence electrons. The first-order chi connectivity index (χ1) is 11.2. The molecule has 0 radical (unpaired) electrons. The Morgan fingerprint density at radius 1 is 0.783 bits per heavy atom. The number of Topliss-reactive ketones (excluding diaryl/α,β-unsaturated/α-hetero) is 1. The predicted molar refractivity (Wildman–Crippen MR) is 94.9 cm³/mol. The van der Waals surface area contributed by atoms with Crippen LogP contribution in [-0.2, 0) is 0 Å². The molecule has 1 nitrogen and oxygen atoms in total. The molecular formula is C22H20O. The molecule has 3 aromatic rings. The molecule has 0 aromatic heterocycles. The van der Waals surface area contributed by atoms with E-state index in [2.05, 4.69) is 43.3 Å². The first kappa shape index (κ1) is 15.2. The molecular weight excluding hydrogens is 280 g/mol. The summed E-state index contributed by atoms with van der Waals surface area (Å²) >= 11 is 0. The summed E-state index contributed by atoms with van der Waals surface area (Å²) in [4.78, 5) is 12.7. The maximum Gasteiger partial charge on any atom is 0.163 e. The second kappa shape index (κ2) is 7.06. The van der Waals surface area contributed by atoms with Gasteiger partial charge in [0.1, 0.15) is 0 Å². The minimum absolute atomic E-state index is 0.0869. The van der Waals surface area contributed by atoms with Crippen LogP contribution in [0.1, 0.15) is 39.4 Å². The average Bonchev–Trinajstić information content (AvgIpc) is 2.61. The van der Waals surface area contributed by atoms with Gasteiger partial charge in [0.25, 0.3) is 0 Å². The monoisotopic (exact) mass is 300 g/mol. The van der Waals surface area contributed by atoms with E-state index in [1.54, 1.807) is 0 Å². The van der Waals surface area contributed by atoms with Gasteiger partial charge < -0.3 is 0 Å². The molecule has 1 atom stereocenters. The van der Waals surface area contributed by atoms with E-state index in [1.165, 1.54) is 16.7 Å². The molecule has 0 fully saturated rings. The van der Waals surface area contributed by atoms with Crippen LogP contribution in [0.15, 0.2) is 84.9 Å². The second-order valence-electron chi connectivity index (χ2n) is 5.87. The molecule has 0 aliphatic heterocycles. The molecule has 0 N–H and O–H groups in total. The molecule has 0 aliphatic rings. The fraction of sp³-hybridized carbons (Fsp3) is 0.136. The van der Waals surface area contributed by atoms with E-state index in [4.69, 9.17) is 0 Å². The van der Waals surface area contributed by atoms with Crippen LogP contribution < -0.4 is 0 Å². The van der Waals surface area contributed by atoms with Crippen molar-refractivity contribution < 1.29 is 4.79 Å². The highest BCUT2D eigenvalue weighted by atomic mass is 16.1. The molecule has 0 saturated carbocycles. The van der Waals surface area contributed by atoms with Crippen molar-refractivity contribution in [3.05, 3.63) is 107 Å². The van der Waals surface area contributed by atoms with Crippen LogP contribution in [0.25, 0.3) is 0 Å². The minimum Gasteiger partial charge on any atom is -0.294 e. The van der Waals surface area contributed by atoms with Crippen molar-refractivity contribution in [1.82, 2.24) is 0 Å². The molecule has 1 heteroatoms. The summed E-state index contributed by atoms with van der Waals surface area (Å²) in [6.07, 6.45) is 0.484. The molecule has 1 unspecified atom stereocenters. The van der Waals surface area contributed by atoms with E-state index < -0.39 is 0 Å². The summed E-state index contributed by atoms with van der Waals surface area (Å²) in [7, 11) is 0. The Balaban J connectivity index is 1.94. The standard InChI is InChI=1S/C22H20O/c1-17-9-8-14-20(15-17)21(18-10-4-2-5-11-18)16-22(23)19-12-6-3-7-13-19/h2-15,21H,16H2,1H3. The third kappa shape index (κ3) is 3.75. The highest BCUT2D eigenvalue weighted by Gasteiger charge is 2.19. The Kier molecular flexibility index (Phi) is 4.68. The van der Waals surface area contributed by atoms with Gasteiger partial charge in [0.05, 0.1) is 0 Å². The predicted octanol–water partition coefficient (Wildman–Crippen LogP) is 5.40. The normalized spacial score (nSPS) is 11.9. The Morgan fingerprint density at radius 2 is 1.39 bits per heavy atom. The van der Waals surface area contributed by atoms with Gasteiger partial charge in [-0.25, -0.2) is 0 Å². The maximum absolute atomic E-state index is 12.7. The van der Waals surface area contributed by atoms with Crippen molar-refractivity contribution >= 4 is 5.78 Å². The molecule has 0 amide bonds. The minimum atomic E-state index is 0.0869. The van der Waals surface area contributed by atoms with Crippen molar-refractivity contribution in [3.63, 3.8) is 0 Å². The molecule has 0 spiro atoms. The van der Waals surface area contributed by atoms with Crippen molar-refractivity contribution in [2.45, 2.75) is 19.3 Å². The fourth-order valence-corrected chi connectivity index (χ4v) is 2.93. The lowest BCUT2D eigenvalue weighted by Crippen LogP contribution is -2.09. The van der Waals surface area contributed by atoms with Gasteiger partial charge in [-0.05, 0) is 18.1 Å². The molecule has 3 rings (SSSR count). The molecule has 23 heavy (non-hydrogen) atoms. The van der Waals surface area contributed by atoms with Crippen molar-refractivity contribution in [1.29, 1.82) is 0 Å². The summed E-state index contributed by atoms with van der Waals surface area (Å²) < 4.78 is 0. The van der Waals surface area contributed by atoms with Crippen LogP contribution in [0.4, 0.5) is 0 Å². The van der Waals surface area contributed by atoms with Gasteiger partial charge in [-0.15, -0.1) is 0 Å². The maximum atomic E-state index is 12.7. The average molecular weight is 300 g/mol. The largest absolute Gasteiger partial charge is 0.294 e. The Labute approximate surface area is 137 Å². The zero-order valence-electron chi connectivity index (χ0n) is 13.3.